The van der Waals surface area contributed by atoms with Gasteiger partial charge in [0.1, 0.15) is 5.69 Å². The lowest BCUT2D eigenvalue weighted by Gasteiger charge is -2.22. The summed E-state index contributed by atoms with van der Waals surface area (Å²) in [5.41, 5.74) is 13.2. The van der Waals surface area contributed by atoms with Crippen molar-refractivity contribution < 1.29 is 0 Å². The number of nitrogens with zero attached hydrogens (tertiary/aromatic N) is 3. The van der Waals surface area contributed by atoms with Gasteiger partial charge in [0.15, 0.2) is 0 Å². The number of benzene rings is 2. The highest BCUT2D eigenvalue weighted by atomic mass is 15.4. The molecule has 1 heterocycles. The molecule has 4 rings (SSSR count). The van der Waals surface area contributed by atoms with E-state index in [1.165, 1.54) is 11.1 Å². The minimum Gasteiger partial charge on any atom is -0.324 e. The Hall–Kier alpha value is -2.46. The average molecular weight is 304 g/mol. The lowest BCUT2D eigenvalue weighted by Crippen LogP contribution is -2.17. The summed E-state index contributed by atoms with van der Waals surface area (Å²) >= 11 is 0. The van der Waals surface area contributed by atoms with E-state index in [-0.39, 0.29) is 12.1 Å². The number of rotatable bonds is 1. The molecule has 2 aromatic carbocycles. The standard InChI is InChI=1S/C19H20N4/c1-12(2)23-19-14-8-4-3-7-13(14)11-17(20)15-9-5-6-10-16(15)18(19)21-22-23/h3-10,12,17H,11,20H2,1-2H3. The highest BCUT2D eigenvalue weighted by Gasteiger charge is 2.26. The molecular weight excluding hydrogens is 284 g/mol. The number of aromatic nitrogens is 3. The Balaban J connectivity index is 2.10. The van der Waals surface area contributed by atoms with Crippen molar-refractivity contribution in [1.82, 2.24) is 15.0 Å². The van der Waals surface area contributed by atoms with Gasteiger partial charge >= 0.3 is 0 Å². The fourth-order valence-corrected chi connectivity index (χ4v) is 3.40. The molecule has 2 N–H and O–H groups in total. The number of fused-ring (bicyclic) bond motifs is 5. The van der Waals surface area contributed by atoms with Gasteiger partial charge in [-0.05, 0) is 31.4 Å². The number of nitrogens with two attached hydrogens (primary N) is 1. The van der Waals surface area contributed by atoms with Gasteiger partial charge in [-0.3, -0.25) is 0 Å². The van der Waals surface area contributed by atoms with Crippen LogP contribution in [0.4, 0.5) is 0 Å². The molecule has 3 aromatic rings. The highest BCUT2D eigenvalue weighted by Crippen LogP contribution is 2.40. The summed E-state index contributed by atoms with van der Waals surface area (Å²) in [6, 6.07) is 16.9. The Bertz CT molecular complexity index is 863. The van der Waals surface area contributed by atoms with E-state index in [0.717, 1.165) is 28.9 Å². The molecule has 1 atom stereocenters. The molecule has 1 unspecified atom stereocenters. The summed E-state index contributed by atoms with van der Waals surface area (Å²) in [6.07, 6.45) is 0.815. The van der Waals surface area contributed by atoms with Crippen LogP contribution < -0.4 is 5.73 Å². The monoisotopic (exact) mass is 304 g/mol. The van der Waals surface area contributed by atoms with Gasteiger partial charge in [0.2, 0.25) is 0 Å². The zero-order valence-electron chi connectivity index (χ0n) is 13.4. The van der Waals surface area contributed by atoms with Crippen LogP contribution in [0.1, 0.15) is 37.1 Å². The predicted molar refractivity (Wildman–Crippen MR) is 91.9 cm³/mol. The normalized spacial score (nSPS) is 16.3. The molecule has 0 radical (unpaired) electrons. The third-order valence-corrected chi connectivity index (χ3v) is 4.51. The first kappa shape index (κ1) is 14.2. The van der Waals surface area contributed by atoms with E-state index in [9.17, 15) is 0 Å². The van der Waals surface area contributed by atoms with Crippen LogP contribution in [0.5, 0.6) is 0 Å². The fraction of sp³-hybridized carbons (Fsp3) is 0.263. The lowest BCUT2D eigenvalue weighted by atomic mass is 9.86. The molecule has 116 valence electrons. The Labute approximate surface area is 135 Å². The molecule has 0 saturated heterocycles. The van der Waals surface area contributed by atoms with E-state index < -0.39 is 0 Å². The Morgan fingerprint density at radius 2 is 1.74 bits per heavy atom. The van der Waals surface area contributed by atoms with E-state index in [1.807, 2.05) is 16.8 Å². The molecule has 0 saturated carbocycles. The largest absolute Gasteiger partial charge is 0.324 e. The van der Waals surface area contributed by atoms with Crippen molar-refractivity contribution in [3.8, 4) is 22.5 Å². The SMILES string of the molecule is CC(C)n1nnc2c1-c1ccccc1CC(N)c1ccccc1-2. The van der Waals surface area contributed by atoms with Gasteiger partial charge in [0, 0.05) is 23.2 Å². The van der Waals surface area contributed by atoms with Crippen LogP contribution in [0.3, 0.4) is 0 Å². The fourth-order valence-electron chi connectivity index (χ4n) is 3.40. The average Bonchev–Trinajstić information content (AvgIpc) is 2.99. The van der Waals surface area contributed by atoms with E-state index in [1.54, 1.807) is 0 Å². The van der Waals surface area contributed by atoms with Gasteiger partial charge in [-0.15, -0.1) is 5.10 Å². The molecule has 23 heavy (non-hydrogen) atoms. The van der Waals surface area contributed by atoms with Crippen molar-refractivity contribution in [2.24, 2.45) is 5.73 Å². The van der Waals surface area contributed by atoms with Crippen LogP contribution >= 0.6 is 0 Å². The third kappa shape index (κ3) is 2.18. The summed E-state index contributed by atoms with van der Waals surface area (Å²) in [5, 5.41) is 8.94. The first-order chi connectivity index (χ1) is 11.2. The molecule has 0 spiro atoms. The summed E-state index contributed by atoms with van der Waals surface area (Å²) < 4.78 is 2.02. The van der Waals surface area contributed by atoms with E-state index in [2.05, 4.69) is 60.6 Å². The second kappa shape index (κ2) is 5.32. The van der Waals surface area contributed by atoms with E-state index >= 15 is 0 Å². The molecule has 1 aliphatic rings. The van der Waals surface area contributed by atoms with Crippen molar-refractivity contribution >= 4 is 0 Å². The highest BCUT2D eigenvalue weighted by molar-refractivity contribution is 5.82. The maximum atomic E-state index is 6.50. The first-order valence-corrected chi connectivity index (χ1v) is 8.05. The molecule has 0 fully saturated rings. The van der Waals surface area contributed by atoms with Crippen LogP contribution in [0.2, 0.25) is 0 Å². The molecule has 4 nitrogen and oxygen atoms in total. The lowest BCUT2D eigenvalue weighted by molar-refractivity contribution is 0.519. The summed E-state index contributed by atoms with van der Waals surface area (Å²) in [7, 11) is 0. The van der Waals surface area contributed by atoms with Crippen molar-refractivity contribution in [3.05, 3.63) is 59.7 Å². The van der Waals surface area contributed by atoms with Gasteiger partial charge in [-0.25, -0.2) is 4.68 Å². The molecule has 0 amide bonds. The quantitative estimate of drug-likeness (QED) is 0.745. The van der Waals surface area contributed by atoms with Gasteiger partial charge in [-0.1, -0.05) is 53.7 Å². The first-order valence-electron chi connectivity index (χ1n) is 8.05. The van der Waals surface area contributed by atoms with Crippen LogP contribution in [0.25, 0.3) is 22.5 Å². The summed E-state index contributed by atoms with van der Waals surface area (Å²) in [5.74, 6) is 0. The topological polar surface area (TPSA) is 56.7 Å². The number of hydrogen-bond donors (Lipinski definition) is 1. The molecule has 0 aliphatic heterocycles. The van der Waals surface area contributed by atoms with Crippen molar-refractivity contribution in [1.29, 1.82) is 0 Å². The van der Waals surface area contributed by atoms with Crippen LogP contribution in [-0.4, -0.2) is 15.0 Å². The molecule has 1 aliphatic carbocycles. The Morgan fingerprint density at radius 1 is 1.04 bits per heavy atom. The van der Waals surface area contributed by atoms with Gasteiger partial charge in [-0.2, -0.15) is 0 Å². The Morgan fingerprint density at radius 3 is 2.52 bits per heavy atom. The second-order valence-corrected chi connectivity index (χ2v) is 6.38. The minimum absolute atomic E-state index is 0.0373. The minimum atomic E-state index is -0.0373. The predicted octanol–water partition coefficient (Wildman–Crippen LogP) is 3.75. The zero-order valence-corrected chi connectivity index (χ0v) is 13.4. The molecule has 4 heteroatoms. The van der Waals surface area contributed by atoms with Crippen molar-refractivity contribution in [2.75, 3.05) is 0 Å². The third-order valence-electron chi connectivity index (χ3n) is 4.51. The second-order valence-electron chi connectivity index (χ2n) is 6.38. The zero-order chi connectivity index (χ0) is 16.0. The van der Waals surface area contributed by atoms with Gasteiger partial charge in [0.05, 0.1) is 5.69 Å². The Kier molecular flexibility index (Phi) is 3.27. The molecule has 0 bridgehead atoms. The van der Waals surface area contributed by atoms with E-state index in [4.69, 9.17) is 5.73 Å². The van der Waals surface area contributed by atoms with Crippen LogP contribution in [0, 0.1) is 0 Å². The number of hydrogen-bond acceptors (Lipinski definition) is 3. The molecular formula is C19H20N4. The van der Waals surface area contributed by atoms with Gasteiger partial charge in [0.25, 0.3) is 0 Å². The smallest absolute Gasteiger partial charge is 0.121 e. The summed E-state index contributed by atoms with van der Waals surface area (Å²) in [4.78, 5) is 0. The maximum Gasteiger partial charge on any atom is 0.121 e. The van der Waals surface area contributed by atoms with Crippen LogP contribution in [-0.2, 0) is 6.42 Å². The van der Waals surface area contributed by atoms with Crippen LogP contribution in [0.15, 0.2) is 48.5 Å². The van der Waals surface area contributed by atoms with E-state index in [0.29, 0.717) is 0 Å². The van der Waals surface area contributed by atoms with Gasteiger partial charge < -0.3 is 5.73 Å². The van der Waals surface area contributed by atoms with Crippen molar-refractivity contribution in [2.45, 2.75) is 32.4 Å². The van der Waals surface area contributed by atoms with Crippen molar-refractivity contribution in [3.63, 3.8) is 0 Å². The molecule has 1 aromatic heterocycles. The summed E-state index contributed by atoms with van der Waals surface area (Å²) in [6.45, 7) is 4.27. The maximum absolute atomic E-state index is 6.50.